The number of halogens is 4. The summed E-state index contributed by atoms with van der Waals surface area (Å²) in [4.78, 5) is 0. The Morgan fingerprint density at radius 2 is 2.06 bits per heavy atom. The highest BCUT2D eigenvalue weighted by atomic mass is 79.9. The largest absolute Gasteiger partial charge is 0.506 e. The molecule has 16 heavy (non-hydrogen) atoms. The van der Waals surface area contributed by atoms with E-state index in [9.17, 15) is 13.9 Å². The van der Waals surface area contributed by atoms with Crippen molar-refractivity contribution in [3.05, 3.63) is 27.2 Å². The second-order valence-electron chi connectivity index (χ2n) is 3.22. The van der Waals surface area contributed by atoms with E-state index in [0.717, 1.165) is 0 Å². The third-order valence-corrected chi connectivity index (χ3v) is 2.80. The number of nitrogens with two attached hydrogens (primary N) is 1. The summed E-state index contributed by atoms with van der Waals surface area (Å²) in [5.41, 5.74) is 5.05. The summed E-state index contributed by atoms with van der Waals surface area (Å²) < 4.78 is 26.7. The quantitative estimate of drug-likeness (QED) is 0.802. The number of phenols is 1. The number of hydrogen-bond donors (Lipinski definition) is 3. The van der Waals surface area contributed by atoms with Gasteiger partial charge in [-0.1, -0.05) is 27.5 Å². The molecule has 1 aromatic rings. The van der Waals surface area contributed by atoms with E-state index < -0.39 is 24.3 Å². The van der Waals surface area contributed by atoms with Gasteiger partial charge in [0.2, 0.25) is 0 Å². The van der Waals surface area contributed by atoms with Crippen LogP contribution in [-0.2, 0) is 0 Å². The summed E-state index contributed by atoms with van der Waals surface area (Å²) >= 11 is 8.66. The number of rotatable bonds is 3. The number of aromatic hydroxyl groups is 1. The van der Waals surface area contributed by atoms with Crippen molar-refractivity contribution < 1.29 is 19.0 Å². The molecule has 0 radical (unpaired) electrons. The van der Waals surface area contributed by atoms with Gasteiger partial charge in [0.15, 0.2) is 0 Å². The number of aliphatic hydroxyl groups excluding tert-OH is 1. The Morgan fingerprint density at radius 1 is 1.50 bits per heavy atom. The van der Waals surface area contributed by atoms with Crippen molar-refractivity contribution in [1.82, 2.24) is 0 Å². The van der Waals surface area contributed by atoms with Gasteiger partial charge in [-0.2, -0.15) is 0 Å². The SMILES string of the molecule is N[C@H](c1cc(Br)cc(Cl)c1O)C(F)(F)CO. The third kappa shape index (κ3) is 2.63. The first-order valence-electron chi connectivity index (χ1n) is 4.21. The Labute approximate surface area is 104 Å². The lowest BCUT2D eigenvalue weighted by Gasteiger charge is -2.22. The lowest BCUT2D eigenvalue weighted by atomic mass is 10.0. The van der Waals surface area contributed by atoms with Crippen LogP contribution in [0.3, 0.4) is 0 Å². The number of phenolic OH excluding ortho intramolecular Hbond substituents is 1. The number of alkyl halides is 2. The molecule has 0 fully saturated rings. The number of aliphatic hydroxyl groups is 1. The fourth-order valence-corrected chi connectivity index (χ4v) is 1.98. The van der Waals surface area contributed by atoms with Crippen LogP contribution in [0.1, 0.15) is 11.6 Å². The lowest BCUT2D eigenvalue weighted by molar-refractivity contribution is -0.0715. The normalized spacial score (nSPS) is 13.9. The molecule has 1 atom stereocenters. The average molecular weight is 317 g/mol. The Kier molecular flexibility index (Phi) is 4.12. The molecular formula is C9H9BrClF2NO2. The molecule has 0 aromatic heterocycles. The highest BCUT2D eigenvalue weighted by Crippen LogP contribution is 2.39. The molecule has 0 aliphatic carbocycles. The van der Waals surface area contributed by atoms with Gasteiger partial charge in [-0.3, -0.25) is 0 Å². The molecule has 0 saturated heterocycles. The predicted octanol–water partition coefficient (Wildman–Crippen LogP) is 2.44. The maximum Gasteiger partial charge on any atom is 0.289 e. The van der Waals surface area contributed by atoms with Crippen LogP contribution in [-0.4, -0.2) is 22.7 Å². The maximum atomic E-state index is 13.1. The minimum absolute atomic E-state index is 0.0893. The Bertz CT molecular complexity index is 403. The lowest BCUT2D eigenvalue weighted by Crippen LogP contribution is -2.36. The minimum atomic E-state index is -3.53. The number of benzene rings is 1. The fraction of sp³-hybridized carbons (Fsp3) is 0.333. The van der Waals surface area contributed by atoms with Gasteiger partial charge in [-0.15, -0.1) is 0 Å². The molecule has 0 aliphatic heterocycles. The topological polar surface area (TPSA) is 66.5 Å². The van der Waals surface area contributed by atoms with Crippen molar-refractivity contribution in [3.8, 4) is 5.75 Å². The first-order chi connectivity index (χ1) is 7.29. The maximum absolute atomic E-state index is 13.1. The first kappa shape index (κ1) is 13.6. The second kappa shape index (κ2) is 4.83. The summed E-state index contributed by atoms with van der Waals surface area (Å²) in [6.07, 6.45) is 0. The van der Waals surface area contributed by atoms with E-state index in [-0.39, 0.29) is 10.6 Å². The standard InChI is InChI=1S/C9H9BrClF2NO2/c10-4-1-5(7(16)6(11)2-4)8(14)9(12,13)3-15/h1-2,8,15-16H,3,14H2/t8-/m1/s1. The van der Waals surface area contributed by atoms with Crippen LogP contribution >= 0.6 is 27.5 Å². The van der Waals surface area contributed by atoms with Gasteiger partial charge in [0, 0.05) is 10.0 Å². The zero-order valence-electron chi connectivity index (χ0n) is 7.92. The van der Waals surface area contributed by atoms with Crippen LogP contribution in [0.25, 0.3) is 0 Å². The molecule has 1 rings (SSSR count). The summed E-state index contributed by atoms with van der Waals surface area (Å²) in [6.45, 7) is -1.41. The average Bonchev–Trinajstić information content (AvgIpc) is 2.22. The van der Waals surface area contributed by atoms with Crippen LogP contribution in [0, 0.1) is 0 Å². The smallest absolute Gasteiger partial charge is 0.289 e. The molecule has 0 unspecified atom stereocenters. The molecule has 0 heterocycles. The molecule has 0 aliphatic rings. The first-order valence-corrected chi connectivity index (χ1v) is 5.39. The van der Waals surface area contributed by atoms with Crippen molar-refractivity contribution in [3.63, 3.8) is 0 Å². The van der Waals surface area contributed by atoms with E-state index in [2.05, 4.69) is 15.9 Å². The molecule has 7 heteroatoms. The zero-order valence-corrected chi connectivity index (χ0v) is 10.3. The van der Waals surface area contributed by atoms with Crippen molar-refractivity contribution in [1.29, 1.82) is 0 Å². The molecule has 0 spiro atoms. The van der Waals surface area contributed by atoms with Crippen LogP contribution < -0.4 is 5.73 Å². The molecule has 4 N–H and O–H groups in total. The van der Waals surface area contributed by atoms with Gasteiger partial charge < -0.3 is 15.9 Å². The van der Waals surface area contributed by atoms with E-state index >= 15 is 0 Å². The van der Waals surface area contributed by atoms with Crippen LogP contribution in [0.5, 0.6) is 5.75 Å². The van der Waals surface area contributed by atoms with E-state index in [1.165, 1.54) is 12.1 Å². The van der Waals surface area contributed by atoms with E-state index in [1.807, 2.05) is 0 Å². The molecular weight excluding hydrogens is 307 g/mol. The fourth-order valence-electron chi connectivity index (χ4n) is 1.15. The van der Waals surface area contributed by atoms with E-state index in [0.29, 0.717) is 4.47 Å². The van der Waals surface area contributed by atoms with Gasteiger partial charge in [0.25, 0.3) is 5.92 Å². The summed E-state index contributed by atoms with van der Waals surface area (Å²) in [5, 5.41) is 17.9. The van der Waals surface area contributed by atoms with E-state index in [4.69, 9.17) is 22.4 Å². The summed E-state index contributed by atoms with van der Waals surface area (Å²) in [5.74, 6) is -4.03. The summed E-state index contributed by atoms with van der Waals surface area (Å²) in [6, 6.07) is 0.757. The van der Waals surface area contributed by atoms with Crippen molar-refractivity contribution in [2.75, 3.05) is 6.61 Å². The molecule has 0 saturated carbocycles. The Hall–Kier alpha value is -0.430. The van der Waals surface area contributed by atoms with Gasteiger partial charge >= 0.3 is 0 Å². The van der Waals surface area contributed by atoms with Crippen LogP contribution in [0.4, 0.5) is 8.78 Å². The van der Waals surface area contributed by atoms with Gasteiger partial charge in [-0.25, -0.2) is 8.78 Å². The highest BCUT2D eigenvalue weighted by Gasteiger charge is 2.39. The van der Waals surface area contributed by atoms with Crippen molar-refractivity contribution >= 4 is 27.5 Å². The zero-order chi connectivity index (χ0) is 12.5. The molecule has 0 amide bonds. The Morgan fingerprint density at radius 3 is 2.56 bits per heavy atom. The van der Waals surface area contributed by atoms with Gasteiger partial charge in [-0.05, 0) is 12.1 Å². The van der Waals surface area contributed by atoms with Gasteiger partial charge in [0.05, 0.1) is 5.02 Å². The van der Waals surface area contributed by atoms with Crippen LogP contribution in [0.15, 0.2) is 16.6 Å². The van der Waals surface area contributed by atoms with E-state index in [1.54, 1.807) is 0 Å². The third-order valence-electron chi connectivity index (χ3n) is 2.06. The highest BCUT2D eigenvalue weighted by molar-refractivity contribution is 9.10. The van der Waals surface area contributed by atoms with Crippen LogP contribution in [0.2, 0.25) is 5.02 Å². The number of hydrogen-bond acceptors (Lipinski definition) is 3. The van der Waals surface area contributed by atoms with Gasteiger partial charge in [0.1, 0.15) is 18.4 Å². The second-order valence-corrected chi connectivity index (χ2v) is 4.55. The Balaban J connectivity index is 3.23. The predicted molar refractivity (Wildman–Crippen MR) is 59.8 cm³/mol. The molecule has 90 valence electrons. The molecule has 0 bridgehead atoms. The van der Waals surface area contributed by atoms with Crippen molar-refractivity contribution in [2.24, 2.45) is 5.73 Å². The van der Waals surface area contributed by atoms with Crippen molar-refractivity contribution in [2.45, 2.75) is 12.0 Å². The summed E-state index contributed by atoms with van der Waals surface area (Å²) in [7, 11) is 0. The molecule has 3 nitrogen and oxygen atoms in total. The molecule has 1 aromatic carbocycles. The monoisotopic (exact) mass is 315 g/mol. The minimum Gasteiger partial charge on any atom is -0.506 e.